The average molecular weight is 441 g/mol. The minimum atomic E-state index is -0.354. The van der Waals surface area contributed by atoms with Crippen LogP contribution in [-0.2, 0) is 17.7 Å². The Labute approximate surface area is 180 Å². The Morgan fingerprint density at radius 2 is 1.96 bits per heavy atom. The molecule has 1 aromatic carbocycles. The topological polar surface area (TPSA) is 58.6 Å². The molecule has 0 fully saturated rings. The van der Waals surface area contributed by atoms with Gasteiger partial charge in [-0.2, -0.15) is 0 Å². The molecule has 2 aromatic rings. The van der Waals surface area contributed by atoms with Crippen molar-refractivity contribution in [2.75, 3.05) is 31.3 Å². The summed E-state index contributed by atoms with van der Waals surface area (Å²) in [5.41, 5.74) is 2.13. The lowest BCUT2D eigenvalue weighted by Gasteiger charge is -2.25. The number of nitrogens with one attached hydrogen (secondary N) is 1. The predicted molar refractivity (Wildman–Crippen MR) is 118 cm³/mol. The van der Waals surface area contributed by atoms with E-state index in [1.165, 1.54) is 11.3 Å². The fourth-order valence-electron chi connectivity index (χ4n) is 3.15. The van der Waals surface area contributed by atoms with Crippen LogP contribution in [0, 0.1) is 0 Å². The molecule has 0 unspecified atom stereocenters. The number of fused-ring (bicyclic) bond motifs is 1. The number of thioether (sulfide) groups is 1. The van der Waals surface area contributed by atoms with Crippen molar-refractivity contribution >= 4 is 52.4 Å². The standard InChI is InChI=1S/C20H24N2O3S2.ClH/c1-4-22-11-10-15-16(12-22)27-19(17(15)20(24)25-5-2)21-18(23)13-6-8-14(26-3)9-7-13;/h6-9H,4-5,10-12H2,1-3H3,(H,21,23);1H. The number of nitrogens with zero attached hydrogens (tertiary/aromatic N) is 1. The smallest absolute Gasteiger partial charge is 0.341 e. The van der Waals surface area contributed by atoms with E-state index in [1.807, 2.05) is 18.4 Å². The van der Waals surface area contributed by atoms with Crippen LogP contribution in [0.3, 0.4) is 0 Å². The van der Waals surface area contributed by atoms with Crippen molar-refractivity contribution in [3.8, 4) is 0 Å². The van der Waals surface area contributed by atoms with Crippen LogP contribution in [0.4, 0.5) is 5.00 Å². The third-order valence-corrected chi connectivity index (χ3v) is 6.52. The third-order valence-electron chi connectivity index (χ3n) is 4.64. The maximum absolute atomic E-state index is 12.7. The van der Waals surface area contributed by atoms with Crippen LogP contribution < -0.4 is 5.32 Å². The molecule has 1 aliphatic rings. The number of hydrogen-bond acceptors (Lipinski definition) is 6. The number of amides is 1. The summed E-state index contributed by atoms with van der Waals surface area (Å²) in [7, 11) is 0. The molecule has 1 N–H and O–H groups in total. The van der Waals surface area contributed by atoms with E-state index in [2.05, 4.69) is 17.1 Å². The van der Waals surface area contributed by atoms with Gasteiger partial charge in [0, 0.05) is 28.4 Å². The van der Waals surface area contributed by atoms with Gasteiger partial charge < -0.3 is 10.1 Å². The van der Waals surface area contributed by atoms with E-state index in [1.54, 1.807) is 30.8 Å². The van der Waals surface area contributed by atoms with E-state index < -0.39 is 0 Å². The molecule has 0 saturated carbocycles. The van der Waals surface area contributed by atoms with E-state index in [9.17, 15) is 9.59 Å². The summed E-state index contributed by atoms with van der Waals surface area (Å²) >= 11 is 3.12. The first-order chi connectivity index (χ1) is 13.1. The number of anilines is 1. The van der Waals surface area contributed by atoms with E-state index in [0.717, 1.165) is 41.4 Å². The molecule has 0 radical (unpaired) electrons. The van der Waals surface area contributed by atoms with Crippen molar-refractivity contribution in [1.29, 1.82) is 0 Å². The lowest BCUT2D eigenvalue weighted by Crippen LogP contribution is -2.30. The Balaban J connectivity index is 0.00000280. The Hall–Kier alpha value is -1.54. The van der Waals surface area contributed by atoms with Gasteiger partial charge in [-0.05, 0) is 56.0 Å². The highest BCUT2D eigenvalue weighted by Gasteiger charge is 2.29. The average Bonchev–Trinajstić information content (AvgIpc) is 3.04. The monoisotopic (exact) mass is 440 g/mol. The minimum absolute atomic E-state index is 0. The van der Waals surface area contributed by atoms with Crippen LogP contribution >= 0.6 is 35.5 Å². The fourth-order valence-corrected chi connectivity index (χ4v) is 4.83. The number of rotatable bonds is 6. The molecular formula is C20H25ClN2O3S2. The zero-order chi connectivity index (χ0) is 19.4. The van der Waals surface area contributed by atoms with Crippen LogP contribution in [0.25, 0.3) is 0 Å². The van der Waals surface area contributed by atoms with Gasteiger partial charge in [0.1, 0.15) is 5.00 Å². The summed E-state index contributed by atoms with van der Waals surface area (Å²) in [6.45, 7) is 6.92. The molecule has 0 saturated heterocycles. The fraction of sp³-hybridized carbons (Fsp3) is 0.400. The Kier molecular flexibility index (Phi) is 8.37. The number of esters is 1. The van der Waals surface area contributed by atoms with Crippen molar-refractivity contribution < 1.29 is 14.3 Å². The molecule has 8 heteroatoms. The Morgan fingerprint density at radius 3 is 2.57 bits per heavy atom. The zero-order valence-corrected chi connectivity index (χ0v) is 18.7. The number of likely N-dealkylation sites (N-methyl/N-ethyl adjacent to an activating group) is 1. The summed E-state index contributed by atoms with van der Waals surface area (Å²) < 4.78 is 5.26. The van der Waals surface area contributed by atoms with E-state index in [-0.39, 0.29) is 24.3 Å². The van der Waals surface area contributed by atoms with Gasteiger partial charge in [0.25, 0.3) is 5.91 Å². The van der Waals surface area contributed by atoms with Crippen molar-refractivity contribution in [3.63, 3.8) is 0 Å². The first-order valence-corrected chi connectivity index (χ1v) is 11.1. The number of thiophene rings is 1. The van der Waals surface area contributed by atoms with Crippen LogP contribution in [-0.4, -0.2) is 42.7 Å². The molecular weight excluding hydrogens is 416 g/mol. The van der Waals surface area contributed by atoms with Crippen LogP contribution in [0.2, 0.25) is 0 Å². The van der Waals surface area contributed by atoms with Gasteiger partial charge in [-0.1, -0.05) is 6.92 Å². The molecule has 1 amide bonds. The molecule has 0 spiro atoms. The first-order valence-electron chi connectivity index (χ1n) is 9.06. The van der Waals surface area contributed by atoms with Gasteiger partial charge in [0.2, 0.25) is 0 Å². The summed E-state index contributed by atoms with van der Waals surface area (Å²) in [5, 5.41) is 3.54. The Morgan fingerprint density at radius 1 is 1.25 bits per heavy atom. The molecule has 28 heavy (non-hydrogen) atoms. The molecule has 0 atom stereocenters. The normalized spacial score (nSPS) is 13.4. The quantitative estimate of drug-likeness (QED) is 0.521. The highest BCUT2D eigenvalue weighted by atomic mass is 35.5. The van der Waals surface area contributed by atoms with Crippen LogP contribution in [0.15, 0.2) is 29.2 Å². The highest BCUT2D eigenvalue weighted by molar-refractivity contribution is 7.98. The number of hydrogen-bond donors (Lipinski definition) is 1. The van der Waals surface area contributed by atoms with Crippen LogP contribution in [0.5, 0.6) is 0 Å². The lowest BCUT2D eigenvalue weighted by atomic mass is 10.0. The van der Waals surface area contributed by atoms with E-state index in [4.69, 9.17) is 4.74 Å². The highest BCUT2D eigenvalue weighted by Crippen LogP contribution is 2.38. The number of ether oxygens (including phenoxy) is 1. The summed E-state index contributed by atoms with van der Waals surface area (Å²) in [4.78, 5) is 29.8. The second kappa shape index (κ2) is 10.3. The van der Waals surface area contributed by atoms with Crippen molar-refractivity contribution in [3.05, 3.63) is 45.8 Å². The molecule has 5 nitrogen and oxygen atoms in total. The Bertz CT molecular complexity index is 837. The van der Waals surface area contributed by atoms with Gasteiger partial charge in [0.15, 0.2) is 0 Å². The van der Waals surface area contributed by atoms with Gasteiger partial charge in [-0.15, -0.1) is 35.5 Å². The SMILES string of the molecule is CCOC(=O)c1c(NC(=O)c2ccc(SC)cc2)sc2c1CCN(CC)C2.Cl. The number of benzene rings is 1. The second-order valence-corrected chi connectivity index (χ2v) is 8.21. The summed E-state index contributed by atoms with van der Waals surface area (Å²) in [6, 6.07) is 7.45. The molecule has 1 aliphatic heterocycles. The maximum Gasteiger partial charge on any atom is 0.341 e. The third kappa shape index (κ3) is 4.89. The second-order valence-electron chi connectivity index (χ2n) is 6.23. The van der Waals surface area contributed by atoms with Gasteiger partial charge in [0.05, 0.1) is 12.2 Å². The molecule has 3 rings (SSSR count). The van der Waals surface area contributed by atoms with Gasteiger partial charge >= 0.3 is 5.97 Å². The molecule has 0 aliphatic carbocycles. The van der Waals surface area contributed by atoms with E-state index in [0.29, 0.717) is 22.7 Å². The number of carbonyl (C=O) groups excluding carboxylic acids is 2. The van der Waals surface area contributed by atoms with Crippen molar-refractivity contribution in [2.24, 2.45) is 0 Å². The van der Waals surface area contributed by atoms with Crippen molar-refractivity contribution in [2.45, 2.75) is 31.7 Å². The largest absolute Gasteiger partial charge is 0.462 e. The van der Waals surface area contributed by atoms with Gasteiger partial charge in [-0.3, -0.25) is 9.69 Å². The maximum atomic E-state index is 12.7. The number of halogens is 1. The minimum Gasteiger partial charge on any atom is -0.462 e. The lowest BCUT2D eigenvalue weighted by molar-refractivity contribution is 0.0526. The molecule has 1 aromatic heterocycles. The number of carbonyl (C=O) groups is 2. The zero-order valence-electron chi connectivity index (χ0n) is 16.2. The van der Waals surface area contributed by atoms with E-state index >= 15 is 0 Å². The summed E-state index contributed by atoms with van der Waals surface area (Å²) in [5.74, 6) is -0.563. The van der Waals surface area contributed by atoms with Crippen molar-refractivity contribution in [1.82, 2.24) is 4.90 Å². The van der Waals surface area contributed by atoms with Crippen LogP contribution in [0.1, 0.15) is 45.0 Å². The summed E-state index contributed by atoms with van der Waals surface area (Å²) in [6.07, 6.45) is 2.79. The molecule has 0 bridgehead atoms. The predicted octanol–water partition coefficient (Wildman–Crippen LogP) is 4.70. The van der Waals surface area contributed by atoms with Gasteiger partial charge in [-0.25, -0.2) is 4.79 Å². The molecule has 152 valence electrons. The molecule has 2 heterocycles. The first kappa shape index (κ1) is 22.7.